The Labute approximate surface area is 80.0 Å². The van der Waals surface area contributed by atoms with Gasteiger partial charge in [0, 0.05) is 6.42 Å². The molecule has 0 N–H and O–H groups in total. The van der Waals surface area contributed by atoms with Crippen LogP contribution in [0.1, 0.15) is 18.9 Å². The molecule has 0 aliphatic carbocycles. The van der Waals surface area contributed by atoms with Gasteiger partial charge in [-0.1, -0.05) is 23.8 Å². The predicted octanol–water partition coefficient (Wildman–Crippen LogP) is 3.34. The molecule has 13 heavy (non-hydrogen) atoms. The van der Waals surface area contributed by atoms with E-state index < -0.39 is 0 Å². The Morgan fingerprint density at radius 2 is 2.00 bits per heavy atom. The summed E-state index contributed by atoms with van der Waals surface area (Å²) in [6.45, 7) is 7.79. The average molecular weight is 176 g/mol. The van der Waals surface area contributed by atoms with Gasteiger partial charge < -0.3 is 4.74 Å². The smallest absolute Gasteiger partial charge is 0.119 e. The standard InChI is InChI=1S/C12H16O/c1-4-5-11(3)13-12-8-6-10(2)7-9-12/h4,6-9,11H,1,5H2,2-3H3. The molecule has 1 aromatic rings. The summed E-state index contributed by atoms with van der Waals surface area (Å²) < 4.78 is 5.64. The van der Waals surface area contributed by atoms with Gasteiger partial charge in [-0.25, -0.2) is 0 Å². The molecule has 0 aromatic heterocycles. The number of rotatable bonds is 4. The van der Waals surface area contributed by atoms with Crippen LogP contribution in [-0.2, 0) is 0 Å². The lowest BCUT2D eigenvalue weighted by molar-refractivity contribution is 0.225. The minimum Gasteiger partial charge on any atom is -0.490 e. The molecule has 0 amide bonds. The van der Waals surface area contributed by atoms with Gasteiger partial charge in [0.05, 0.1) is 6.10 Å². The second-order valence-electron chi connectivity index (χ2n) is 3.27. The van der Waals surface area contributed by atoms with Gasteiger partial charge in [-0.2, -0.15) is 0 Å². The Bertz CT molecular complexity index is 261. The van der Waals surface area contributed by atoms with Crippen molar-refractivity contribution >= 4 is 0 Å². The van der Waals surface area contributed by atoms with Crippen molar-refractivity contribution in [1.29, 1.82) is 0 Å². The van der Waals surface area contributed by atoms with Gasteiger partial charge in [-0.05, 0) is 26.0 Å². The number of ether oxygens (including phenoxy) is 1. The second kappa shape index (κ2) is 4.70. The number of hydrogen-bond donors (Lipinski definition) is 0. The number of aryl methyl sites for hydroxylation is 1. The normalized spacial score (nSPS) is 12.2. The van der Waals surface area contributed by atoms with Crippen LogP contribution in [0.25, 0.3) is 0 Å². The first-order valence-electron chi connectivity index (χ1n) is 4.56. The van der Waals surface area contributed by atoms with Crippen LogP contribution in [0.5, 0.6) is 5.75 Å². The molecule has 0 saturated carbocycles. The lowest BCUT2D eigenvalue weighted by Gasteiger charge is -2.12. The molecule has 70 valence electrons. The van der Waals surface area contributed by atoms with E-state index in [0.717, 1.165) is 12.2 Å². The first kappa shape index (κ1) is 9.85. The van der Waals surface area contributed by atoms with Crippen LogP contribution in [0.4, 0.5) is 0 Å². The summed E-state index contributed by atoms with van der Waals surface area (Å²) in [5, 5.41) is 0. The van der Waals surface area contributed by atoms with E-state index in [1.165, 1.54) is 5.56 Å². The predicted molar refractivity (Wildman–Crippen MR) is 56.1 cm³/mol. The Balaban J connectivity index is 2.53. The maximum Gasteiger partial charge on any atom is 0.119 e. The molecular formula is C12H16O. The van der Waals surface area contributed by atoms with Crippen LogP contribution >= 0.6 is 0 Å². The van der Waals surface area contributed by atoms with E-state index in [2.05, 4.69) is 25.6 Å². The van der Waals surface area contributed by atoms with Crippen LogP contribution in [-0.4, -0.2) is 6.10 Å². The lowest BCUT2D eigenvalue weighted by atomic mass is 10.2. The lowest BCUT2D eigenvalue weighted by Crippen LogP contribution is -2.09. The van der Waals surface area contributed by atoms with Gasteiger partial charge in [-0.3, -0.25) is 0 Å². The number of hydrogen-bond acceptors (Lipinski definition) is 1. The summed E-state index contributed by atoms with van der Waals surface area (Å²) in [7, 11) is 0. The fraction of sp³-hybridized carbons (Fsp3) is 0.333. The van der Waals surface area contributed by atoms with E-state index in [0.29, 0.717) is 0 Å². The van der Waals surface area contributed by atoms with Gasteiger partial charge in [0.25, 0.3) is 0 Å². The summed E-state index contributed by atoms with van der Waals surface area (Å²) in [6.07, 6.45) is 2.97. The monoisotopic (exact) mass is 176 g/mol. The van der Waals surface area contributed by atoms with E-state index in [1.54, 1.807) is 0 Å². The van der Waals surface area contributed by atoms with E-state index in [1.807, 2.05) is 25.1 Å². The molecule has 0 aliphatic rings. The third kappa shape index (κ3) is 3.32. The molecule has 0 heterocycles. The molecule has 0 bridgehead atoms. The van der Waals surface area contributed by atoms with Crippen molar-refractivity contribution in [1.82, 2.24) is 0 Å². The SMILES string of the molecule is C=CCC(C)Oc1ccc(C)cc1. The molecule has 1 atom stereocenters. The van der Waals surface area contributed by atoms with E-state index in [-0.39, 0.29) is 6.10 Å². The molecule has 0 saturated heterocycles. The Morgan fingerprint density at radius 1 is 1.38 bits per heavy atom. The van der Waals surface area contributed by atoms with Crippen LogP contribution < -0.4 is 4.74 Å². The Hall–Kier alpha value is -1.24. The zero-order valence-electron chi connectivity index (χ0n) is 8.29. The third-order valence-corrected chi connectivity index (χ3v) is 1.86. The fourth-order valence-corrected chi connectivity index (χ4v) is 1.13. The van der Waals surface area contributed by atoms with Crippen molar-refractivity contribution in [3.05, 3.63) is 42.5 Å². The minimum atomic E-state index is 0.209. The van der Waals surface area contributed by atoms with Crippen molar-refractivity contribution in [3.63, 3.8) is 0 Å². The highest BCUT2D eigenvalue weighted by Crippen LogP contribution is 2.14. The molecule has 0 aliphatic heterocycles. The maximum absolute atomic E-state index is 5.64. The zero-order chi connectivity index (χ0) is 9.68. The minimum absolute atomic E-state index is 0.209. The third-order valence-electron chi connectivity index (χ3n) is 1.86. The van der Waals surface area contributed by atoms with E-state index in [9.17, 15) is 0 Å². The van der Waals surface area contributed by atoms with Gasteiger partial charge in [-0.15, -0.1) is 6.58 Å². The summed E-state index contributed by atoms with van der Waals surface area (Å²) in [4.78, 5) is 0. The maximum atomic E-state index is 5.64. The highest BCUT2D eigenvalue weighted by Gasteiger charge is 2.00. The zero-order valence-corrected chi connectivity index (χ0v) is 8.29. The number of benzene rings is 1. The van der Waals surface area contributed by atoms with Crippen LogP contribution in [0.2, 0.25) is 0 Å². The van der Waals surface area contributed by atoms with E-state index >= 15 is 0 Å². The molecule has 1 rings (SSSR count). The molecule has 0 spiro atoms. The van der Waals surface area contributed by atoms with Crippen molar-refractivity contribution in [2.24, 2.45) is 0 Å². The van der Waals surface area contributed by atoms with Gasteiger partial charge in [0.15, 0.2) is 0 Å². The van der Waals surface area contributed by atoms with Crippen molar-refractivity contribution < 1.29 is 4.74 Å². The average Bonchev–Trinajstić information content (AvgIpc) is 2.09. The van der Waals surface area contributed by atoms with Crippen molar-refractivity contribution in [3.8, 4) is 5.75 Å². The first-order valence-corrected chi connectivity index (χ1v) is 4.56. The molecule has 1 unspecified atom stereocenters. The molecule has 1 nitrogen and oxygen atoms in total. The van der Waals surface area contributed by atoms with E-state index in [4.69, 9.17) is 4.74 Å². The van der Waals surface area contributed by atoms with Crippen LogP contribution in [0.15, 0.2) is 36.9 Å². The first-order chi connectivity index (χ1) is 6.22. The van der Waals surface area contributed by atoms with Gasteiger partial charge in [0.1, 0.15) is 5.75 Å². The van der Waals surface area contributed by atoms with Crippen molar-refractivity contribution in [2.75, 3.05) is 0 Å². The molecule has 1 heteroatoms. The molecular weight excluding hydrogens is 160 g/mol. The summed E-state index contributed by atoms with van der Waals surface area (Å²) >= 11 is 0. The quantitative estimate of drug-likeness (QED) is 0.639. The summed E-state index contributed by atoms with van der Waals surface area (Å²) in [5.41, 5.74) is 1.25. The molecule has 0 radical (unpaired) electrons. The second-order valence-corrected chi connectivity index (χ2v) is 3.27. The van der Waals surface area contributed by atoms with Crippen LogP contribution in [0, 0.1) is 6.92 Å². The molecule has 0 fully saturated rings. The highest BCUT2D eigenvalue weighted by atomic mass is 16.5. The Kier molecular flexibility index (Phi) is 3.56. The van der Waals surface area contributed by atoms with Gasteiger partial charge in [0.2, 0.25) is 0 Å². The van der Waals surface area contributed by atoms with Crippen molar-refractivity contribution in [2.45, 2.75) is 26.4 Å². The summed E-state index contributed by atoms with van der Waals surface area (Å²) in [5.74, 6) is 0.931. The Morgan fingerprint density at radius 3 is 2.54 bits per heavy atom. The van der Waals surface area contributed by atoms with Crippen LogP contribution in [0.3, 0.4) is 0 Å². The van der Waals surface area contributed by atoms with Gasteiger partial charge >= 0.3 is 0 Å². The largest absolute Gasteiger partial charge is 0.490 e. The summed E-state index contributed by atoms with van der Waals surface area (Å²) in [6, 6.07) is 8.09. The highest BCUT2D eigenvalue weighted by molar-refractivity contribution is 5.26. The fourth-order valence-electron chi connectivity index (χ4n) is 1.13. The topological polar surface area (TPSA) is 9.23 Å². The molecule has 1 aromatic carbocycles.